The van der Waals surface area contributed by atoms with Crippen LogP contribution in [0.5, 0.6) is 0 Å². The summed E-state index contributed by atoms with van der Waals surface area (Å²) in [6.45, 7) is 6.44. The van der Waals surface area contributed by atoms with Crippen LogP contribution in [0.25, 0.3) is 0 Å². The molecule has 0 aromatic heterocycles. The van der Waals surface area contributed by atoms with E-state index in [1.54, 1.807) is 0 Å². The summed E-state index contributed by atoms with van der Waals surface area (Å²) in [6.07, 6.45) is 0. The van der Waals surface area contributed by atoms with Gasteiger partial charge in [-0.15, -0.1) is 0 Å². The molecular formula is C9H12K. The van der Waals surface area contributed by atoms with Gasteiger partial charge in [0, 0.05) is 51.4 Å². The number of aryl methyl sites for hydroxylation is 2. The van der Waals surface area contributed by atoms with Crippen molar-refractivity contribution in [3.63, 3.8) is 0 Å². The molecule has 49 valence electrons. The molecule has 0 bridgehead atoms. The molecule has 0 N–H and O–H groups in total. The maximum Gasteiger partial charge on any atom is 0 e. The zero-order chi connectivity index (χ0) is 6.85. The van der Waals surface area contributed by atoms with Crippen molar-refractivity contribution in [2.45, 2.75) is 20.8 Å². The minimum atomic E-state index is 0. The van der Waals surface area contributed by atoms with Crippen molar-refractivity contribution in [2.24, 2.45) is 0 Å². The molecule has 0 aliphatic heterocycles. The van der Waals surface area contributed by atoms with Gasteiger partial charge in [-0.1, -0.05) is 18.2 Å². The second-order valence-corrected chi connectivity index (χ2v) is 2.52. The number of hydrogen-bond acceptors (Lipinski definition) is 0. The van der Waals surface area contributed by atoms with Gasteiger partial charge in [-0.3, -0.25) is 0 Å². The molecule has 0 aliphatic rings. The molecule has 1 aromatic carbocycles. The fraction of sp³-hybridized carbons (Fsp3) is 0.333. The van der Waals surface area contributed by atoms with E-state index in [1.165, 1.54) is 16.7 Å². The maximum absolute atomic E-state index is 2.16. The molecule has 1 radical (unpaired) electrons. The third kappa shape index (κ3) is 2.48. The summed E-state index contributed by atoms with van der Waals surface area (Å²) in [4.78, 5) is 0. The molecule has 0 spiro atoms. The molecule has 1 rings (SSSR count). The van der Waals surface area contributed by atoms with Crippen LogP contribution < -0.4 is 0 Å². The van der Waals surface area contributed by atoms with Crippen LogP contribution in [0, 0.1) is 20.8 Å². The van der Waals surface area contributed by atoms with Gasteiger partial charge in [0.2, 0.25) is 0 Å². The van der Waals surface area contributed by atoms with E-state index in [1.807, 2.05) is 0 Å². The van der Waals surface area contributed by atoms with Crippen molar-refractivity contribution < 1.29 is 0 Å². The molecule has 0 saturated heterocycles. The summed E-state index contributed by atoms with van der Waals surface area (Å²) < 4.78 is 0. The topological polar surface area (TPSA) is 0 Å². The summed E-state index contributed by atoms with van der Waals surface area (Å²) in [7, 11) is 0. The second kappa shape index (κ2) is 4.68. The molecular weight excluding hydrogens is 147 g/mol. The van der Waals surface area contributed by atoms with Crippen molar-refractivity contribution in [3.05, 3.63) is 34.9 Å². The molecule has 1 heteroatoms. The molecule has 10 heavy (non-hydrogen) atoms. The largest absolute Gasteiger partial charge is 0.0617 e. The summed E-state index contributed by atoms with van der Waals surface area (Å²) in [5.41, 5.74) is 4.18. The molecule has 0 amide bonds. The first-order valence-electron chi connectivity index (χ1n) is 3.24. The smallest absolute Gasteiger partial charge is 0 e. The first-order chi connectivity index (χ1) is 4.22. The Morgan fingerprint density at radius 2 is 1.30 bits per heavy atom. The van der Waals surface area contributed by atoms with Gasteiger partial charge < -0.3 is 0 Å². The van der Waals surface area contributed by atoms with Gasteiger partial charge in [-0.25, -0.2) is 0 Å². The fourth-order valence-corrected chi connectivity index (χ4v) is 0.898. The van der Waals surface area contributed by atoms with E-state index in [0.717, 1.165) is 0 Å². The Hall–Kier alpha value is 0.856. The Labute approximate surface area is 105 Å². The van der Waals surface area contributed by atoms with Gasteiger partial charge in [0.1, 0.15) is 0 Å². The van der Waals surface area contributed by atoms with Crippen molar-refractivity contribution in [1.29, 1.82) is 0 Å². The van der Waals surface area contributed by atoms with Crippen LogP contribution in [0.15, 0.2) is 18.2 Å². The molecule has 1 aromatic rings. The summed E-state index contributed by atoms with van der Waals surface area (Å²) >= 11 is 0. The third-order valence-electron chi connectivity index (χ3n) is 1.88. The predicted molar refractivity (Wildman–Crippen MR) is 46.4 cm³/mol. The predicted octanol–water partition coefficient (Wildman–Crippen LogP) is 2.23. The van der Waals surface area contributed by atoms with Crippen molar-refractivity contribution in [1.82, 2.24) is 0 Å². The zero-order valence-electron chi connectivity index (χ0n) is 7.23. The molecule has 0 heterocycles. The standard InChI is InChI=1S/C9H12.K/c1-7-5-4-6-8(2)9(7)3;/h4-6H,1-3H3;. The van der Waals surface area contributed by atoms with Crippen LogP contribution in [0.4, 0.5) is 0 Å². The van der Waals surface area contributed by atoms with E-state index in [2.05, 4.69) is 39.0 Å². The van der Waals surface area contributed by atoms with Crippen LogP contribution in [0.2, 0.25) is 0 Å². The minimum Gasteiger partial charge on any atom is -0.0617 e. The molecule has 0 atom stereocenters. The Balaban J connectivity index is 0.000000810. The molecule has 0 fully saturated rings. The van der Waals surface area contributed by atoms with Gasteiger partial charge >= 0.3 is 0 Å². The molecule has 0 nitrogen and oxygen atoms in total. The average molecular weight is 159 g/mol. The zero-order valence-corrected chi connectivity index (χ0v) is 10.4. The third-order valence-corrected chi connectivity index (χ3v) is 1.88. The minimum absolute atomic E-state index is 0. The van der Waals surface area contributed by atoms with Crippen LogP contribution in [-0.4, -0.2) is 51.4 Å². The molecule has 0 saturated carbocycles. The van der Waals surface area contributed by atoms with Crippen LogP contribution in [0.1, 0.15) is 16.7 Å². The van der Waals surface area contributed by atoms with Gasteiger partial charge in [-0.05, 0) is 37.5 Å². The normalized spacial score (nSPS) is 8.70. The molecule has 0 aliphatic carbocycles. The quantitative estimate of drug-likeness (QED) is 0.509. The second-order valence-electron chi connectivity index (χ2n) is 2.52. The van der Waals surface area contributed by atoms with Crippen molar-refractivity contribution in [3.8, 4) is 0 Å². The van der Waals surface area contributed by atoms with Crippen molar-refractivity contribution in [2.75, 3.05) is 0 Å². The van der Waals surface area contributed by atoms with Crippen LogP contribution in [0.3, 0.4) is 0 Å². The van der Waals surface area contributed by atoms with E-state index in [9.17, 15) is 0 Å². The van der Waals surface area contributed by atoms with Gasteiger partial charge in [-0.2, -0.15) is 0 Å². The Morgan fingerprint density at radius 1 is 0.900 bits per heavy atom. The van der Waals surface area contributed by atoms with E-state index in [0.29, 0.717) is 0 Å². The number of hydrogen-bond donors (Lipinski definition) is 0. The monoisotopic (exact) mass is 159 g/mol. The van der Waals surface area contributed by atoms with E-state index in [4.69, 9.17) is 0 Å². The van der Waals surface area contributed by atoms with Crippen LogP contribution >= 0.6 is 0 Å². The van der Waals surface area contributed by atoms with Crippen LogP contribution in [-0.2, 0) is 0 Å². The summed E-state index contributed by atoms with van der Waals surface area (Å²) in [6, 6.07) is 6.38. The Morgan fingerprint density at radius 3 is 1.60 bits per heavy atom. The first kappa shape index (κ1) is 10.9. The van der Waals surface area contributed by atoms with Gasteiger partial charge in [0.05, 0.1) is 0 Å². The first-order valence-corrected chi connectivity index (χ1v) is 3.24. The average Bonchev–Trinajstić information content (AvgIpc) is 1.83. The SMILES string of the molecule is Cc1cccc(C)c1C.[K]. The number of rotatable bonds is 0. The summed E-state index contributed by atoms with van der Waals surface area (Å²) in [5.74, 6) is 0. The molecule has 0 unspecified atom stereocenters. The summed E-state index contributed by atoms with van der Waals surface area (Å²) in [5, 5.41) is 0. The maximum atomic E-state index is 2.16. The van der Waals surface area contributed by atoms with E-state index in [-0.39, 0.29) is 51.4 Å². The van der Waals surface area contributed by atoms with Gasteiger partial charge in [0.15, 0.2) is 0 Å². The fourth-order valence-electron chi connectivity index (χ4n) is 0.898. The van der Waals surface area contributed by atoms with Gasteiger partial charge in [0.25, 0.3) is 0 Å². The Kier molecular flexibility index (Phi) is 5.08. The van der Waals surface area contributed by atoms with E-state index < -0.39 is 0 Å². The van der Waals surface area contributed by atoms with E-state index >= 15 is 0 Å². The number of benzene rings is 1. The Bertz CT molecular complexity index is 196. The van der Waals surface area contributed by atoms with Crippen molar-refractivity contribution >= 4 is 51.4 Å².